The largest absolute Gasteiger partial charge is 0.398 e. The molecular formula is C14H22N2O3. The first kappa shape index (κ1) is 15.5. The molecule has 0 atom stereocenters. The fraction of sp³-hybridized carbons (Fsp3) is 0.500. The van der Waals surface area contributed by atoms with Crippen LogP contribution in [0.15, 0.2) is 18.2 Å². The predicted octanol–water partition coefficient (Wildman–Crippen LogP) is 1.96. The molecule has 19 heavy (non-hydrogen) atoms. The lowest BCUT2D eigenvalue weighted by atomic mass is 10.1. The molecule has 3 N–H and O–H groups in total. The molecule has 0 aliphatic heterocycles. The number of anilines is 2. The average Bonchev–Trinajstić information content (AvgIpc) is 2.39. The van der Waals surface area contributed by atoms with Gasteiger partial charge >= 0.3 is 0 Å². The van der Waals surface area contributed by atoms with Crippen LogP contribution in [0, 0.1) is 6.92 Å². The van der Waals surface area contributed by atoms with E-state index < -0.39 is 0 Å². The van der Waals surface area contributed by atoms with Crippen LogP contribution in [0.2, 0.25) is 0 Å². The van der Waals surface area contributed by atoms with E-state index in [1.807, 2.05) is 19.9 Å². The molecule has 1 amide bonds. The molecule has 0 fully saturated rings. The van der Waals surface area contributed by atoms with Crippen molar-refractivity contribution in [1.82, 2.24) is 0 Å². The number of carbonyl (C=O) groups excluding carboxylic acids is 1. The van der Waals surface area contributed by atoms with Crippen molar-refractivity contribution in [2.45, 2.75) is 20.3 Å². The van der Waals surface area contributed by atoms with Crippen molar-refractivity contribution >= 4 is 17.3 Å². The fourth-order valence-electron chi connectivity index (χ4n) is 1.50. The zero-order valence-electron chi connectivity index (χ0n) is 11.6. The van der Waals surface area contributed by atoms with Crippen molar-refractivity contribution in [3.05, 3.63) is 23.8 Å². The molecular weight excluding hydrogens is 244 g/mol. The van der Waals surface area contributed by atoms with Crippen molar-refractivity contribution in [1.29, 1.82) is 0 Å². The van der Waals surface area contributed by atoms with Crippen LogP contribution in [-0.2, 0) is 14.3 Å². The first-order chi connectivity index (χ1) is 9.15. The summed E-state index contributed by atoms with van der Waals surface area (Å²) in [6.45, 7) is 5.58. The summed E-state index contributed by atoms with van der Waals surface area (Å²) in [5.74, 6) is -0.191. The van der Waals surface area contributed by atoms with Crippen molar-refractivity contribution in [2.75, 3.05) is 37.5 Å². The number of ether oxygens (including phenoxy) is 2. The van der Waals surface area contributed by atoms with E-state index in [-0.39, 0.29) is 12.5 Å². The normalized spacial score (nSPS) is 10.4. The molecule has 0 unspecified atom stereocenters. The molecule has 1 aromatic carbocycles. The zero-order valence-corrected chi connectivity index (χ0v) is 11.6. The summed E-state index contributed by atoms with van der Waals surface area (Å²) in [7, 11) is 0. The monoisotopic (exact) mass is 266 g/mol. The Balaban J connectivity index is 2.26. The Labute approximate surface area is 114 Å². The highest BCUT2D eigenvalue weighted by Gasteiger charge is 2.06. The van der Waals surface area contributed by atoms with Gasteiger partial charge in [-0.15, -0.1) is 0 Å². The molecule has 106 valence electrons. The fourth-order valence-corrected chi connectivity index (χ4v) is 1.50. The number of nitrogens with two attached hydrogens (primary N) is 1. The maximum atomic E-state index is 11.6. The van der Waals surface area contributed by atoms with Gasteiger partial charge in [-0.2, -0.15) is 0 Å². The van der Waals surface area contributed by atoms with Gasteiger partial charge in [0.15, 0.2) is 0 Å². The lowest BCUT2D eigenvalue weighted by molar-refractivity contribution is -0.121. The van der Waals surface area contributed by atoms with Crippen LogP contribution < -0.4 is 11.1 Å². The molecule has 0 bridgehead atoms. The van der Waals surface area contributed by atoms with Gasteiger partial charge in [0.25, 0.3) is 0 Å². The lowest BCUT2D eigenvalue weighted by Crippen LogP contribution is -2.20. The number of nitrogens with one attached hydrogen (secondary N) is 1. The highest BCUT2D eigenvalue weighted by Crippen LogP contribution is 2.20. The number of hydrogen-bond acceptors (Lipinski definition) is 4. The second kappa shape index (κ2) is 8.50. The van der Waals surface area contributed by atoms with Crippen LogP contribution in [0.25, 0.3) is 0 Å². The van der Waals surface area contributed by atoms with Gasteiger partial charge in [-0.3, -0.25) is 4.79 Å². The Morgan fingerprint density at radius 2 is 2.00 bits per heavy atom. The molecule has 0 aliphatic carbocycles. The van der Waals surface area contributed by atoms with Crippen molar-refractivity contribution in [3.8, 4) is 0 Å². The van der Waals surface area contributed by atoms with Gasteiger partial charge in [0.2, 0.25) is 5.91 Å². The number of carbonyl (C=O) groups is 1. The minimum absolute atomic E-state index is 0.0176. The smallest absolute Gasteiger partial charge is 0.250 e. The molecule has 0 aliphatic rings. The molecule has 0 aromatic heterocycles. The van der Waals surface area contributed by atoms with E-state index in [2.05, 4.69) is 5.32 Å². The minimum Gasteiger partial charge on any atom is -0.398 e. The van der Waals surface area contributed by atoms with E-state index in [1.54, 1.807) is 12.1 Å². The third-order valence-corrected chi connectivity index (χ3v) is 2.60. The number of amides is 1. The first-order valence-electron chi connectivity index (χ1n) is 6.45. The Morgan fingerprint density at radius 1 is 1.26 bits per heavy atom. The first-order valence-corrected chi connectivity index (χ1v) is 6.45. The summed E-state index contributed by atoms with van der Waals surface area (Å²) in [6.07, 6.45) is 0.981. The van der Waals surface area contributed by atoms with Gasteiger partial charge in [-0.1, -0.05) is 13.0 Å². The third-order valence-electron chi connectivity index (χ3n) is 2.60. The summed E-state index contributed by atoms with van der Waals surface area (Å²) < 4.78 is 10.5. The summed E-state index contributed by atoms with van der Waals surface area (Å²) >= 11 is 0. The quantitative estimate of drug-likeness (QED) is 0.557. The molecule has 0 radical (unpaired) electrons. The number of nitrogen functional groups attached to an aromatic ring is 1. The Morgan fingerprint density at radius 3 is 2.74 bits per heavy atom. The Bertz CT molecular complexity index is 408. The number of hydrogen-bond donors (Lipinski definition) is 2. The molecule has 0 saturated carbocycles. The summed E-state index contributed by atoms with van der Waals surface area (Å²) in [4.78, 5) is 11.6. The van der Waals surface area contributed by atoms with E-state index in [0.717, 1.165) is 24.3 Å². The van der Waals surface area contributed by atoms with Crippen molar-refractivity contribution < 1.29 is 14.3 Å². The molecule has 1 rings (SSSR count). The van der Waals surface area contributed by atoms with Gasteiger partial charge in [0.05, 0.1) is 13.2 Å². The van der Waals surface area contributed by atoms with Crippen molar-refractivity contribution in [3.63, 3.8) is 0 Å². The van der Waals surface area contributed by atoms with Gasteiger partial charge < -0.3 is 20.5 Å². The van der Waals surface area contributed by atoms with E-state index in [1.165, 1.54) is 0 Å². The molecule has 5 heteroatoms. The Hall–Kier alpha value is -1.59. The summed E-state index contributed by atoms with van der Waals surface area (Å²) in [6, 6.07) is 5.41. The van der Waals surface area contributed by atoms with E-state index in [9.17, 15) is 4.79 Å². The maximum Gasteiger partial charge on any atom is 0.250 e. The molecule has 0 spiro atoms. The Kier molecular flexibility index (Phi) is 6.92. The van der Waals surface area contributed by atoms with Crippen LogP contribution in [0.3, 0.4) is 0 Å². The highest BCUT2D eigenvalue weighted by atomic mass is 16.5. The van der Waals surface area contributed by atoms with Gasteiger partial charge in [0.1, 0.15) is 6.61 Å². The molecule has 0 heterocycles. The van der Waals surface area contributed by atoms with E-state index in [0.29, 0.717) is 18.9 Å². The summed E-state index contributed by atoms with van der Waals surface area (Å²) in [5, 5.41) is 2.77. The van der Waals surface area contributed by atoms with Crippen LogP contribution in [0.1, 0.15) is 18.9 Å². The van der Waals surface area contributed by atoms with Crippen LogP contribution in [-0.4, -0.2) is 32.3 Å². The third kappa shape index (κ3) is 5.72. The molecule has 5 nitrogen and oxygen atoms in total. The maximum absolute atomic E-state index is 11.6. The zero-order chi connectivity index (χ0) is 14.1. The van der Waals surface area contributed by atoms with Gasteiger partial charge in [-0.25, -0.2) is 0 Å². The second-order valence-corrected chi connectivity index (χ2v) is 4.23. The van der Waals surface area contributed by atoms with Crippen LogP contribution in [0.5, 0.6) is 0 Å². The van der Waals surface area contributed by atoms with Crippen LogP contribution >= 0.6 is 0 Å². The van der Waals surface area contributed by atoms with Gasteiger partial charge in [-0.05, 0) is 31.0 Å². The predicted molar refractivity (Wildman–Crippen MR) is 76.2 cm³/mol. The van der Waals surface area contributed by atoms with Gasteiger partial charge in [0, 0.05) is 18.0 Å². The lowest BCUT2D eigenvalue weighted by Gasteiger charge is -2.10. The molecule has 1 aromatic rings. The second-order valence-electron chi connectivity index (χ2n) is 4.23. The average molecular weight is 266 g/mol. The molecule has 0 saturated heterocycles. The number of rotatable bonds is 8. The topological polar surface area (TPSA) is 73.6 Å². The number of benzene rings is 1. The van der Waals surface area contributed by atoms with E-state index >= 15 is 0 Å². The highest BCUT2D eigenvalue weighted by molar-refractivity contribution is 5.93. The standard InChI is InChI=1S/C14H22N2O3/c1-3-7-18-8-9-19-10-14(17)16-13-6-4-5-12(15)11(13)2/h4-6H,3,7-10,15H2,1-2H3,(H,16,17). The summed E-state index contributed by atoms with van der Waals surface area (Å²) in [5.41, 5.74) is 8.01. The SMILES string of the molecule is CCCOCCOCC(=O)Nc1cccc(N)c1C. The minimum atomic E-state index is -0.191. The van der Waals surface area contributed by atoms with Crippen LogP contribution in [0.4, 0.5) is 11.4 Å². The van der Waals surface area contributed by atoms with Crippen molar-refractivity contribution in [2.24, 2.45) is 0 Å². The van der Waals surface area contributed by atoms with E-state index in [4.69, 9.17) is 15.2 Å².